The summed E-state index contributed by atoms with van der Waals surface area (Å²) in [6.45, 7) is 0.100. The lowest BCUT2D eigenvalue weighted by atomic mass is 9.83. The molecule has 8 nitrogen and oxygen atoms in total. The third-order valence-corrected chi connectivity index (χ3v) is 6.24. The number of carbonyl (C=O) groups is 2. The molecule has 0 aromatic heterocycles. The second-order valence-corrected chi connectivity index (χ2v) is 8.32. The van der Waals surface area contributed by atoms with Gasteiger partial charge >= 0.3 is 0 Å². The molecule has 2 amide bonds. The highest BCUT2D eigenvalue weighted by atomic mass is 19.1. The maximum Gasteiger partial charge on any atom is 0.231 e. The van der Waals surface area contributed by atoms with Crippen molar-refractivity contribution < 1.29 is 33.3 Å². The van der Waals surface area contributed by atoms with E-state index in [1.54, 1.807) is 42.3 Å². The highest BCUT2D eigenvalue weighted by Gasteiger charge is 2.42. The fourth-order valence-corrected chi connectivity index (χ4v) is 4.51. The van der Waals surface area contributed by atoms with Gasteiger partial charge in [0.15, 0.2) is 23.1 Å². The lowest BCUT2D eigenvalue weighted by molar-refractivity contribution is -0.125. The second-order valence-electron chi connectivity index (χ2n) is 8.32. The molecule has 9 heteroatoms. The summed E-state index contributed by atoms with van der Waals surface area (Å²) < 4.78 is 30.0. The Hall–Kier alpha value is -4.27. The fourth-order valence-electron chi connectivity index (χ4n) is 4.51. The van der Waals surface area contributed by atoms with Crippen LogP contribution in [0.1, 0.15) is 24.4 Å². The second kappa shape index (κ2) is 9.17. The number of rotatable bonds is 5. The van der Waals surface area contributed by atoms with Crippen LogP contribution in [0.15, 0.2) is 60.7 Å². The standard InChI is InChI=1S/C26H23FN2O6/c1-33-18-6-2-15(3-7-18)25-19(26(32)28-16-4-9-21(30)20(27)12-16)8-11-24(31)29(25)17-5-10-22-23(13-17)35-14-34-22/h2-7,9-10,12-13,19,25,30H,8,11,14H2,1H3,(H,28,32). The van der Waals surface area contributed by atoms with Crippen molar-refractivity contribution in [3.63, 3.8) is 0 Å². The first-order chi connectivity index (χ1) is 16.9. The molecule has 1 saturated heterocycles. The van der Waals surface area contributed by atoms with Gasteiger partial charge in [0.2, 0.25) is 18.6 Å². The Morgan fingerprint density at radius 3 is 2.60 bits per heavy atom. The number of methoxy groups -OCH3 is 1. The Morgan fingerprint density at radius 1 is 1.09 bits per heavy atom. The zero-order chi connectivity index (χ0) is 24.5. The van der Waals surface area contributed by atoms with Crippen LogP contribution in [-0.4, -0.2) is 30.8 Å². The van der Waals surface area contributed by atoms with Crippen LogP contribution < -0.4 is 24.4 Å². The lowest BCUT2D eigenvalue weighted by Crippen LogP contribution is -2.47. The van der Waals surface area contributed by atoms with Crippen LogP contribution in [0.4, 0.5) is 15.8 Å². The third-order valence-electron chi connectivity index (χ3n) is 6.24. The van der Waals surface area contributed by atoms with Crippen LogP contribution in [0.25, 0.3) is 0 Å². The molecule has 0 saturated carbocycles. The first kappa shape index (κ1) is 22.5. The van der Waals surface area contributed by atoms with Crippen LogP contribution in [0.2, 0.25) is 0 Å². The number of carbonyl (C=O) groups excluding carboxylic acids is 2. The highest BCUT2D eigenvalue weighted by Crippen LogP contribution is 2.44. The molecule has 2 heterocycles. The number of halogens is 1. The van der Waals surface area contributed by atoms with Gasteiger partial charge in [0.05, 0.1) is 19.1 Å². The summed E-state index contributed by atoms with van der Waals surface area (Å²) in [5.41, 5.74) is 1.53. The first-order valence-electron chi connectivity index (χ1n) is 11.1. The van der Waals surface area contributed by atoms with Crippen molar-refractivity contribution in [2.75, 3.05) is 24.1 Å². The van der Waals surface area contributed by atoms with E-state index < -0.39 is 23.5 Å². The van der Waals surface area contributed by atoms with Gasteiger partial charge in [0.1, 0.15) is 5.75 Å². The molecular weight excluding hydrogens is 455 g/mol. The van der Waals surface area contributed by atoms with Crippen LogP contribution >= 0.6 is 0 Å². The van der Waals surface area contributed by atoms with Crippen LogP contribution in [0, 0.1) is 11.7 Å². The van der Waals surface area contributed by atoms with Crippen molar-refractivity contribution in [3.8, 4) is 23.0 Å². The Morgan fingerprint density at radius 2 is 1.86 bits per heavy atom. The van der Waals surface area contributed by atoms with Crippen LogP contribution in [0.5, 0.6) is 23.0 Å². The Balaban J connectivity index is 1.53. The van der Waals surface area contributed by atoms with Gasteiger partial charge in [-0.25, -0.2) is 4.39 Å². The summed E-state index contributed by atoms with van der Waals surface area (Å²) in [5.74, 6) is -0.725. The van der Waals surface area contributed by atoms with Gasteiger partial charge in [-0.3, -0.25) is 9.59 Å². The minimum atomic E-state index is -0.838. The predicted molar refractivity (Wildman–Crippen MR) is 125 cm³/mol. The van der Waals surface area contributed by atoms with E-state index in [1.807, 2.05) is 12.1 Å². The summed E-state index contributed by atoms with van der Waals surface area (Å²) in [5, 5.41) is 12.2. The average Bonchev–Trinajstić information content (AvgIpc) is 3.34. The lowest BCUT2D eigenvalue weighted by Gasteiger charge is -2.41. The molecular formula is C26H23FN2O6. The topological polar surface area (TPSA) is 97.3 Å². The number of aromatic hydroxyl groups is 1. The molecule has 0 spiro atoms. The van der Waals surface area contributed by atoms with Crippen molar-refractivity contribution >= 4 is 23.2 Å². The number of amides is 2. The molecule has 0 bridgehead atoms. The zero-order valence-electron chi connectivity index (χ0n) is 18.9. The van der Waals surface area contributed by atoms with E-state index in [0.29, 0.717) is 29.4 Å². The summed E-state index contributed by atoms with van der Waals surface area (Å²) in [7, 11) is 1.56. The van der Waals surface area contributed by atoms with Crippen molar-refractivity contribution in [2.45, 2.75) is 18.9 Å². The SMILES string of the molecule is COc1ccc(C2C(C(=O)Nc3ccc(O)c(F)c3)CCC(=O)N2c2ccc3c(c2)OCO3)cc1. The number of hydrogen-bond donors (Lipinski definition) is 2. The molecule has 0 aliphatic carbocycles. The highest BCUT2D eigenvalue weighted by molar-refractivity contribution is 6.00. The molecule has 35 heavy (non-hydrogen) atoms. The number of nitrogens with one attached hydrogen (secondary N) is 1. The fraction of sp³-hybridized carbons (Fsp3) is 0.231. The molecule has 1 fully saturated rings. The van der Waals surface area contributed by atoms with E-state index in [9.17, 15) is 19.1 Å². The molecule has 2 N–H and O–H groups in total. The third kappa shape index (κ3) is 4.32. The number of hydrogen-bond acceptors (Lipinski definition) is 6. The average molecular weight is 478 g/mol. The van der Waals surface area contributed by atoms with Gasteiger partial charge in [-0.1, -0.05) is 12.1 Å². The van der Waals surface area contributed by atoms with Gasteiger partial charge in [0, 0.05) is 29.9 Å². The number of nitrogens with zero attached hydrogens (tertiary/aromatic N) is 1. The summed E-state index contributed by atoms with van der Waals surface area (Å²) in [4.78, 5) is 28.3. The van der Waals surface area contributed by atoms with E-state index >= 15 is 0 Å². The molecule has 5 rings (SSSR count). The first-order valence-corrected chi connectivity index (χ1v) is 11.1. The van der Waals surface area contributed by atoms with Crippen molar-refractivity contribution in [3.05, 3.63) is 72.0 Å². The van der Waals surface area contributed by atoms with E-state index in [2.05, 4.69) is 5.32 Å². The van der Waals surface area contributed by atoms with Crippen molar-refractivity contribution in [2.24, 2.45) is 5.92 Å². The number of phenols is 1. The monoisotopic (exact) mass is 478 g/mol. The normalized spacial score (nSPS) is 18.9. The van der Waals surface area contributed by atoms with E-state index in [-0.39, 0.29) is 30.7 Å². The van der Waals surface area contributed by atoms with Gasteiger partial charge < -0.3 is 29.5 Å². The molecule has 2 aliphatic heterocycles. The number of piperidine rings is 1. The smallest absolute Gasteiger partial charge is 0.231 e. The number of phenolic OH excluding ortho intramolecular Hbond substituents is 1. The maximum atomic E-state index is 13.8. The van der Waals surface area contributed by atoms with Gasteiger partial charge in [0.25, 0.3) is 0 Å². The molecule has 2 unspecified atom stereocenters. The molecule has 3 aromatic rings. The maximum absolute atomic E-state index is 13.8. The van der Waals surface area contributed by atoms with E-state index in [1.165, 1.54) is 12.1 Å². The van der Waals surface area contributed by atoms with Gasteiger partial charge in [-0.2, -0.15) is 0 Å². The largest absolute Gasteiger partial charge is 0.505 e. The van der Waals surface area contributed by atoms with Gasteiger partial charge in [-0.15, -0.1) is 0 Å². The minimum Gasteiger partial charge on any atom is -0.505 e. The Bertz CT molecular complexity index is 1280. The number of benzene rings is 3. The molecule has 0 radical (unpaired) electrons. The Labute approximate surface area is 200 Å². The Kier molecular flexibility index (Phi) is 5.90. The van der Waals surface area contributed by atoms with Crippen LogP contribution in [0.3, 0.4) is 0 Å². The van der Waals surface area contributed by atoms with Crippen molar-refractivity contribution in [1.29, 1.82) is 0 Å². The molecule has 2 atom stereocenters. The number of anilines is 2. The summed E-state index contributed by atoms with van der Waals surface area (Å²) in [6, 6.07) is 15.4. The summed E-state index contributed by atoms with van der Waals surface area (Å²) >= 11 is 0. The number of fused-ring (bicyclic) bond motifs is 1. The molecule has 180 valence electrons. The predicted octanol–water partition coefficient (Wildman–Crippen LogP) is 4.39. The van der Waals surface area contributed by atoms with Crippen molar-refractivity contribution in [1.82, 2.24) is 0 Å². The number of ether oxygens (including phenoxy) is 3. The zero-order valence-corrected chi connectivity index (χ0v) is 18.9. The summed E-state index contributed by atoms with van der Waals surface area (Å²) in [6.07, 6.45) is 0.464. The molecule has 2 aliphatic rings. The molecule has 3 aromatic carbocycles. The van der Waals surface area contributed by atoms with E-state index in [4.69, 9.17) is 14.2 Å². The van der Waals surface area contributed by atoms with Crippen LogP contribution in [-0.2, 0) is 9.59 Å². The minimum absolute atomic E-state index is 0.100. The van der Waals surface area contributed by atoms with Gasteiger partial charge in [-0.05, 0) is 48.4 Å². The quantitative estimate of drug-likeness (QED) is 0.528. The van der Waals surface area contributed by atoms with E-state index in [0.717, 1.165) is 11.6 Å².